The summed E-state index contributed by atoms with van der Waals surface area (Å²) in [6.45, 7) is 9.83. The predicted octanol–water partition coefficient (Wildman–Crippen LogP) is 9.97. The van der Waals surface area contributed by atoms with Crippen LogP contribution in [0.3, 0.4) is 0 Å². The maximum atomic E-state index is 12.8. The van der Waals surface area contributed by atoms with E-state index in [0.29, 0.717) is 44.1 Å². The fourth-order valence-electron chi connectivity index (χ4n) is 4.06. The van der Waals surface area contributed by atoms with Gasteiger partial charge in [0.2, 0.25) is 12.6 Å². The summed E-state index contributed by atoms with van der Waals surface area (Å²) >= 11 is 3.33. The van der Waals surface area contributed by atoms with E-state index in [1.165, 1.54) is 18.2 Å². The van der Waals surface area contributed by atoms with Crippen molar-refractivity contribution in [1.82, 2.24) is 9.97 Å². The van der Waals surface area contributed by atoms with Gasteiger partial charge in [-0.25, -0.2) is 0 Å². The summed E-state index contributed by atoms with van der Waals surface area (Å²) in [6.07, 6.45) is -5.75. The largest absolute Gasteiger partial charge is 0.416 e. The first-order valence-electron chi connectivity index (χ1n) is 15.3. The molecule has 2 heterocycles. The molecule has 0 fully saturated rings. The van der Waals surface area contributed by atoms with Gasteiger partial charge in [0, 0.05) is 49.0 Å². The lowest BCUT2D eigenvalue weighted by Crippen LogP contribution is -2.10. The normalized spacial score (nSPS) is 11.5. The molecule has 0 radical (unpaired) electrons. The first kappa shape index (κ1) is 41.6. The van der Waals surface area contributed by atoms with Crippen LogP contribution >= 0.6 is 15.9 Å². The minimum absolute atomic E-state index is 0.125. The van der Waals surface area contributed by atoms with Crippen molar-refractivity contribution in [2.75, 3.05) is 32.2 Å². The van der Waals surface area contributed by atoms with Crippen LogP contribution in [0.4, 0.5) is 32.0 Å². The molecule has 0 aliphatic rings. The zero-order chi connectivity index (χ0) is 36.5. The van der Waals surface area contributed by atoms with Gasteiger partial charge in [-0.2, -0.15) is 26.3 Å². The highest BCUT2D eigenvalue weighted by Gasteiger charge is 2.31. The zero-order valence-corrected chi connectivity index (χ0v) is 29.1. The third-order valence-corrected chi connectivity index (χ3v) is 6.70. The van der Waals surface area contributed by atoms with Crippen molar-refractivity contribution < 1.29 is 45.3 Å². The van der Waals surface area contributed by atoms with Crippen LogP contribution in [-0.2, 0) is 37.7 Å². The van der Waals surface area contributed by atoms with Crippen LogP contribution < -0.4 is 5.73 Å². The van der Waals surface area contributed by atoms with Gasteiger partial charge >= 0.3 is 12.4 Å². The van der Waals surface area contributed by atoms with Crippen LogP contribution in [0.25, 0.3) is 0 Å². The summed E-state index contributed by atoms with van der Waals surface area (Å²) in [5, 5.41) is 0. The summed E-state index contributed by atoms with van der Waals surface area (Å²) < 4.78 is 96.7. The molecule has 268 valence electrons. The fraction of sp³-hybridized carbons (Fsp3) is 0.371. The first-order chi connectivity index (χ1) is 23.2. The molecule has 0 saturated carbocycles. The number of anilines is 1. The summed E-state index contributed by atoms with van der Waals surface area (Å²) in [5.41, 5.74) is 6.79. The van der Waals surface area contributed by atoms with Gasteiger partial charge < -0.3 is 24.7 Å². The third kappa shape index (κ3) is 15.3. The molecule has 7 nitrogen and oxygen atoms in total. The molecule has 14 heteroatoms. The molecule has 2 aromatic heterocycles. The number of benzene rings is 2. The summed E-state index contributed by atoms with van der Waals surface area (Å²) in [6, 6.07) is 17.3. The van der Waals surface area contributed by atoms with Crippen LogP contribution in [0.5, 0.6) is 0 Å². The second-order valence-electron chi connectivity index (χ2n) is 9.98. The number of nitrogens with zero attached hydrogens (tertiary/aromatic N) is 2. The van der Waals surface area contributed by atoms with Crippen LogP contribution in [0.1, 0.15) is 73.9 Å². The van der Waals surface area contributed by atoms with Crippen molar-refractivity contribution in [3.8, 4) is 0 Å². The number of hydrogen-bond acceptors (Lipinski definition) is 7. The number of ether oxygens (including phenoxy) is 4. The van der Waals surface area contributed by atoms with E-state index in [9.17, 15) is 26.3 Å². The summed E-state index contributed by atoms with van der Waals surface area (Å²) in [4.78, 5) is 8.53. The molecule has 0 unspecified atom stereocenters. The minimum Gasteiger partial charge on any atom is -0.399 e. The number of halogens is 7. The van der Waals surface area contributed by atoms with Gasteiger partial charge in [-0.3, -0.25) is 9.97 Å². The van der Waals surface area contributed by atoms with Gasteiger partial charge in [-0.05, 0) is 104 Å². The number of pyridine rings is 2. The lowest BCUT2D eigenvalue weighted by atomic mass is 10.0. The number of alkyl halides is 6. The Morgan fingerprint density at radius 3 is 1.47 bits per heavy atom. The lowest BCUT2D eigenvalue weighted by molar-refractivity contribution is -0.142. The van der Waals surface area contributed by atoms with Crippen molar-refractivity contribution in [2.45, 2.75) is 59.0 Å². The lowest BCUT2D eigenvalue weighted by Gasteiger charge is -2.16. The second-order valence-corrected chi connectivity index (χ2v) is 10.9. The summed E-state index contributed by atoms with van der Waals surface area (Å²) in [7, 11) is 0. The van der Waals surface area contributed by atoms with Crippen LogP contribution in [0.15, 0.2) is 89.7 Å². The Balaban J connectivity index is 0.000000282. The smallest absolute Gasteiger partial charge is 0.399 e. The molecule has 0 spiro atoms. The highest BCUT2D eigenvalue weighted by Crippen LogP contribution is 2.31. The number of nitrogen functional groups attached to an aromatic ring is 1. The molecule has 4 rings (SSSR count). The monoisotopic (exact) mass is 759 g/mol. The fourth-order valence-corrected chi connectivity index (χ4v) is 4.29. The number of rotatable bonds is 12. The van der Waals surface area contributed by atoms with E-state index in [4.69, 9.17) is 24.7 Å². The van der Waals surface area contributed by atoms with Gasteiger partial charge in [-0.1, -0.05) is 30.3 Å². The molecular formula is C35H40BrF6N3O4. The van der Waals surface area contributed by atoms with Crippen molar-refractivity contribution in [2.24, 2.45) is 0 Å². The highest BCUT2D eigenvalue weighted by atomic mass is 79.9. The standard InChI is InChI=1S/C18H20F3NO2.C10H14BrNO2.C7H6F3N/c1-3-23-17(24-4-2)16-9-8-14(12-22-16)10-13-6-5-7-15(11-13)18(19,20)21;1-3-13-10(14-4-2)9-6-5-8(11)7-12-9;8-7(9,10)5-2-1-3-6(11)4-5/h5-9,11-12,17H,3-4,10H2,1-2H3;5-7,10H,3-4H2,1-2H3;1-4H,11H2. The number of hydrogen-bond donors (Lipinski definition) is 1. The molecule has 0 amide bonds. The Hall–Kier alpha value is -3.56. The molecule has 49 heavy (non-hydrogen) atoms. The SMILES string of the molecule is CCOC(OCC)c1ccc(Br)cn1.CCOC(OCC)c1ccc(Cc2cccc(C(F)(F)F)c2)cn1.Nc1cccc(C(F)(F)F)c1. The van der Waals surface area contributed by atoms with E-state index in [2.05, 4.69) is 25.9 Å². The molecule has 0 atom stereocenters. The van der Waals surface area contributed by atoms with E-state index in [-0.39, 0.29) is 12.0 Å². The van der Waals surface area contributed by atoms with E-state index >= 15 is 0 Å². The Morgan fingerprint density at radius 1 is 0.612 bits per heavy atom. The summed E-state index contributed by atoms with van der Waals surface area (Å²) in [5.74, 6) is 0. The molecule has 2 aromatic carbocycles. The first-order valence-corrected chi connectivity index (χ1v) is 16.1. The molecule has 2 N–H and O–H groups in total. The van der Waals surface area contributed by atoms with Crippen molar-refractivity contribution in [3.05, 3.63) is 123 Å². The molecule has 0 aliphatic carbocycles. The quantitative estimate of drug-likeness (QED) is 0.0874. The maximum absolute atomic E-state index is 12.8. The van der Waals surface area contributed by atoms with Gasteiger partial charge in [0.25, 0.3) is 0 Å². The predicted molar refractivity (Wildman–Crippen MR) is 178 cm³/mol. The van der Waals surface area contributed by atoms with Gasteiger partial charge in [-0.15, -0.1) is 0 Å². The Kier molecular flexibility index (Phi) is 17.7. The van der Waals surface area contributed by atoms with Crippen LogP contribution in [-0.4, -0.2) is 36.4 Å². The average Bonchev–Trinajstić information content (AvgIpc) is 3.05. The Bertz CT molecular complexity index is 1500. The zero-order valence-electron chi connectivity index (χ0n) is 27.5. The van der Waals surface area contributed by atoms with E-state index in [0.717, 1.165) is 40.0 Å². The van der Waals surface area contributed by atoms with E-state index in [1.807, 2.05) is 45.9 Å². The maximum Gasteiger partial charge on any atom is 0.416 e. The molecule has 4 aromatic rings. The third-order valence-electron chi connectivity index (χ3n) is 6.23. The van der Waals surface area contributed by atoms with Crippen molar-refractivity contribution in [1.29, 1.82) is 0 Å². The minimum atomic E-state index is -4.33. The van der Waals surface area contributed by atoms with Gasteiger partial charge in [0.05, 0.1) is 22.5 Å². The van der Waals surface area contributed by atoms with E-state index in [1.54, 1.807) is 24.5 Å². The molecule has 0 aliphatic heterocycles. The Morgan fingerprint density at radius 2 is 1.08 bits per heavy atom. The van der Waals surface area contributed by atoms with Crippen molar-refractivity contribution >= 4 is 21.6 Å². The number of aromatic nitrogens is 2. The second kappa shape index (κ2) is 20.8. The molecular weight excluding hydrogens is 720 g/mol. The Labute approximate surface area is 290 Å². The molecule has 0 bridgehead atoms. The topological polar surface area (TPSA) is 88.7 Å². The van der Waals surface area contributed by atoms with Crippen molar-refractivity contribution in [3.63, 3.8) is 0 Å². The van der Waals surface area contributed by atoms with E-state index < -0.39 is 29.8 Å². The molecule has 0 saturated heterocycles. The highest BCUT2D eigenvalue weighted by molar-refractivity contribution is 9.10. The van der Waals surface area contributed by atoms with Gasteiger partial charge in [0.15, 0.2) is 0 Å². The van der Waals surface area contributed by atoms with Gasteiger partial charge in [0.1, 0.15) is 0 Å². The van der Waals surface area contributed by atoms with Crippen LogP contribution in [0.2, 0.25) is 0 Å². The average molecular weight is 761 g/mol. The number of nitrogens with two attached hydrogens (primary N) is 1. The van der Waals surface area contributed by atoms with Crippen LogP contribution in [0, 0.1) is 0 Å².